The van der Waals surface area contributed by atoms with E-state index in [2.05, 4.69) is 0 Å². The molecule has 0 saturated heterocycles. The third-order valence-corrected chi connectivity index (χ3v) is 5.44. The van der Waals surface area contributed by atoms with Crippen LogP contribution in [0.1, 0.15) is 43.2 Å². The predicted octanol–water partition coefficient (Wildman–Crippen LogP) is 3.64. The van der Waals surface area contributed by atoms with Gasteiger partial charge in [-0.2, -0.15) is 0 Å². The van der Waals surface area contributed by atoms with Crippen molar-refractivity contribution in [1.29, 1.82) is 0 Å². The third-order valence-electron chi connectivity index (χ3n) is 5.44. The van der Waals surface area contributed by atoms with E-state index in [0.29, 0.717) is 31.7 Å². The van der Waals surface area contributed by atoms with E-state index in [4.69, 9.17) is 9.47 Å². The predicted molar refractivity (Wildman–Crippen MR) is 95.4 cm³/mol. The number of fused-ring (bicyclic) bond motifs is 1. The van der Waals surface area contributed by atoms with Crippen LogP contribution in [-0.2, 0) is 20.7 Å². The molecule has 1 aromatic carbocycles. The fraction of sp³-hybridized carbons (Fsp3) is 0.650. The Hall–Kier alpha value is -1.46. The lowest BCUT2D eigenvalue weighted by atomic mass is 9.85. The topological polar surface area (TPSA) is 38.8 Å². The smallest absolute Gasteiger partial charge is 0.230 e. The summed E-state index contributed by atoms with van der Waals surface area (Å²) in [5, 5.41) is 0. The fourth-order valence-electron chi connectivity index (χ4n) is 4.08. The Balaban J connectivity index is 1.65. The molecule has 2 aliphatic rings. The van der Waals surface area contributed by atoms with E-state index < -0.39 is 0 Å². The summed E-state index contributed by atoms with van der Waals surface area (Å²) in [5.74, 6) is -0.00534. The lowest BCUT2D eigenvalue weighted by Gasteiger charge is -2.36. The molecule has 1 saturated carbocycles. The van der Waals surface area contributed by atoms with E-state index in [-0.39, 0.29) is 23.7 Å². The number of aryl methyl sites for hydroxylation is 1. The number of rotatable bonds is 5. The molecule has 0 bridgehead atoms. The van der Waals surface area contributed by atoms with Crippen molar-refractivity contribution in [3.63, 3.8) is 0 Å². The number of benzene rings is 1. The van der Waals surface area contributed by atoms with Gasteiger partial charge < -0.3 is 14.4 Å². The van der Waals surface area contributed by atoms with Crippen LogP contribution in [0.4, 0.5) is 10.1 Å². The minimum absolute atomic E-state index is 0.0240. The highest BCUT2D eigenvalue weighted by Gasteiger charge is 2.33. The first-order valence-electron chi connectivity index (χ1n) is 9.31. The molecule has 1 aliphatic heterocycles. The first-order chi connectivity index (χ1) is 12.1. The zero-order chi connectivity index (χ0) is 17.8. The van der Waals surface area contributed by atoms with Crippen LogP contribution in [-0.4, -0.2) is 38.9 Å². The number of amides is 1. The van der Waals surface area contributed by atoms with E-state index in [9.17, 15) is 9.18 Å². The van der Waals surface area contributed by atoms with Crippen LogP contribution in [0.15, 0.2) is 12.1 Å². The van der Waals surface area contributed by atoms with Crippen LogP contribution in [0.3, 0.4) is 0 Å². The fourth-order valence-corrected chi connectivity index (χ4v) is 4.08. The van der Waals surface area contributed by atoms with Crippen LogP contribution in [0.5, 0.6) is 0 Å². The Bertz CT molecular complexity index is 611. The van der Waals surface area contributed by atoms with Gasteiger partial charge in [0.15, 0.2) is 0 Å². The summed E-state index contributed by atoms with van der Waals surface area (Å²) in [4.78, 5) is 14.9. The third kappa shape index (κ3) is 4.04. The van der Waals surface area contributed by atoms with Gasteiger partial charge in [0.2, 0.25) is 5.91 Å². The second kappa shape index (κ2) is 8.28. The summed E-state index contributed by atoms with van der Waals surface area (Å²) in [7, 11) is 1.67. The van der Waals surface area contributed by atoms with Crippen molar-refractivity contribution < 1.29 is 18.7 Å². The Morgan fingerprint density at radius 3 is 2.72 bits per heavy atom. The maximum Gasteiger partial charge on any atom is 0.230 e. The lowest BCUT2D eigenvalue weighted by Crippen LogP contribution is -2.42. The number of carbonyl (C=O) groups excluding carboxylic acids is 1. The van der Waals surface area contributed by atoms with Gasteiger partial charge in [-0.05, 0) is 57.1 Å². The SMILES string of the molecule is COCCOC1CCC(C(=O)N2CCCc3c(F)ccc(C)c32)CC1. The Kier molecular flexibility index (Phi) is 6.07. The number of ether oxygens (including phenoxy) is 2. The largest absolute Gasteiger partial charge is 0.382 e. The van der Waals surface area contributed by atoms with Gasteiger partial charge in [-0.3, -0.25) is 4.79 Å². The standard InChI is InChI=1S/C20H28FNO3/c1-14-5-10-18(21)17-4-3-11-22(19(14)17)20(23)15-6-8-16(9-7-15)25-13-12-24-2/h5,10,15-16H,3-4,6-9,11-13H2,1-2H3. The van der Waals surface area contributed by atoms with E-state index in [1.54, 1.807) is 13.2 Å². The Morgan fingerprint density at radius 1 is 1.24 bits per heavy atom. The van der Waals surface area contributed by atoms with Gasteiger partial charge in [-0.25, -0.2) is 4.39 Å². The van der Waals surface area contributed by atoms with Crippen molar-refractivity contribution in [2.24, 2.45) is 5.92 Å². The molecular formula is C20H28FNO3. The molecule has 4 nitrogen and oxygen atoms in total. The molecule has 0 aromatic heterocycles. The monoisotopic (exact) mass is 349 g/mol. The van der Waals surface area contributed by atoms with Crippen LogP contribution in [0.25, 0.3) is 0 Å². The highest BCUT2D eigenvalue weighted by Crippen LogP contribution is 2.36. The number of anilines is 1. The highest BCUT2D eigenvalue weighted by molar-refractivity contribution is 5.97. The van der Waals surface area contributed by atoms with Crippen molar-refractivity contribution in [1.82, 2.24) is 0 Å². The Morgan fingerprint density at radius 2 is 2.00 bits per heavy atom. The van der Waals surface area contributed by atoms with Crippen molar-refractivity contribution in [2.75, 3.05) is 31.8 Å². The highest BCUT2D eigenvalue weighted by atomic mass is 19.1. The van der Waals surface area contributed by atoms with E-state index in [0.717, 1.165) is 43.4 Å². The second-order valence-electron chi connectivity index (χ2n) is 7.12. The molecule has 5 heteroatoms. The number of halogens is 1. The van der Waals surface area contributed by atoms with Crippen LogP contribution >= 0.6 is 0 Å². The summed E-state index contributed by atoms with van der Waals surface area (Å²) in [6.45, 7) is 3.87. The maximum absolute atomic E-state index is 14.2. The van der Waals surface area contributed by atoms with E-state index in [1.807, 2.05) is 11.8 Å². The molecule has 3 rings (SSSR count). The van der Waals surface area contributed by atoms with Crippen LogP contribution < -0.4 is 4.90 Å². The summed E-state index contributed by atoms with van der Waals surface area (Å²) >= 11 is 0. The van der Waals surface area contributed by atoms with Gasteiger partial charge in [-0.1, -0.05) is 6.07 Å². The minimum Gasteiger partial charge on any atom is -0.382 e. The molecule has 0 atom stereocenters. The normalized spacial score (nSPS) is 23.4. The number of carbonyl (C=O) groups is 1. The Labute approximate surface area is 149 Å². The number of methoxy groups -OCH3 is 1. The van der Waals surface area contributed by atoms with Crippen molar-refractivity contribution in [3.05, 3.63) is 29.1 Å². The second-order valence-corrected chi connectivity index (χ2v) is 7.12. The van der Waals surface area contributed by atoms with Gasteiger partial charge in [-0.15, -0.1) is 0 Å². The summed E-state index contributed by atoms with van der Waals surface area (Å²) in [6.07, 6.45) is 5.27. The van der Waals surface area contributed by atoms with E-state index >= 15 is 0 Å². The molecule has 0 spiro atoms. The molecule has 138 valence electrons. The lowest BCUT2D eigenvalue weighted by molar-refractivity contribution is -0.124. The average molecular weight is 349 g/mol. The number of hydrogen-bond donors (Lipinski definition) is 0. The van der Waals surface area contributed by atoms with Gasteiger partial charge in [0, 0.05) is 25.1 Å². The quantitative estimate of drug-likeness (QED) is 0.762. The molecule has 25 heavy (non-hydrogen) atoms. The van der Waals surface area contributed by atoms with Crippen molar-refractivity contribution in [2.45, 2.75) is 51.6 Å². The first-order valence-corrected chi connectivity index (χ1v) is 9.31. The zero-order valence-electron chi connectivity index (χ0n) is 15.2. The van der Waals surface area contributed by atoms with Crippen LogP contribution in [0, 0.1) is 18.7 Å². The molecule has 1 fully saturated rings. The van der Waals surface area contributed by atoms with Crippen molar-refractivity contribution >= 4 is 11.6 Å². The maximum atomic E-state index is 14.2. The van der Waals surface area contributed by atoms with Gasteiger partial charge in [0.25, 0.3) is 0 Å². The zero-order valence-corrected chi connectivity index (χ0v) is 15.2. The van der Waals surface area contributed by atoms with E-state index in [1.165, 1.54) is 6.07 Å². The van der Waals surface area contributed by atoms with Crippen molar-refractivity contribution in [3.8, 4) is 0 Å². The number of nitrogens with zero attached hydrogens (tertiary/aromatic N) is 1. The molecule has 0 N–H and O–H groups in total. The summed E-state index contributed by atoms with van der Waals surface area (Å²) in [5.41, 5.74) is 2.51. The molecular weight excluding hydrogens is 321 g/mol. The van der Waals surface area contributed by atoms with Gasteiger partial charge >= 0.3 is 0 Å². The number of hydrogen-bond acceptors (Lipinski definition) is 3. The molecule has 1 aromatic rings. The summed E-state index contributed by atoms with van der Waals surface area (Å²) < 4.78 is 25.0. The molecule has 1 heterocycles. The molecule has 1 aliphatic carbocycles. The average Bonchev–Trinajstić information content (AvgIpc) is 2.64. The molecule has 0 unspecified atom stereocenters. The van der Waals surface area contributed by atoms with Gasteiger partial charge in [0.05, 0.1) is 25.0 Å². The molecule has 0 radical (unpaired) electrons. The molecule has 1 amide bonds. The van der Waals surface area contributed by atoms with Gasteiger partial charge in [0.1, 0.15) is 5.82 Å². The first kappa shape index (κ1) is 18.3. The summed E-state index contributed by atoms with van der Waals surface area (Å²) in [6, 6.07) is 3.30. The minimum atomic E-state index is -0.187. The van der Waals surface area contributed by atoms with Crippen LogP contribution in [0.2, 0.25) is 0 Å².